The normalized spacial score (nSPS) is 12.4. The summed E-state index contributed by atoms with van der Waals surface area (Å²) in [6.07, 6.45) is 2.77. The van der Waals surface area contributed by atoms with Gasteiger partial charge in [0.15, 0.2) is 0 Å². The summed E-state index contributed by atoms with van der Waals surface area (Å²) in [5.41, 5.74) is 8.27. The van der Waals surface area contributed by atoms with E-state index in [1.807, 2.05) is 37.4 Å². The molecule has 2 aromatic rings. The third-order valence-corrected chi connectivity index (χ3v) is 2.89. The molecular formula is C14H19N3O. The average Bonchev–Trinajstić information content (AvgIpc) is 2.82. The molecule has 1 aromatic heterocycles. The van der Waals surface area contributed by atoms with Gasteiger partial charge in [-0.15, -0.1) is 0 Å². The van der Waals surface area contributed by atoms with Crippen LogP contribution in [0.1, 0.15) is 30.6 Å². The molecule has 0 saturated carbocycles. The Balaban J connectivity index is 2.12. The predicted molar refractivity (Wildman–Crippen MR) is 71.5 cm³/mol. The van der Waals surface area contributed by atoms with Gasteiger partial charge in [0.2, 0.25) is 0 Å². The number of ether oxygens (including phenoxy) is 1. The SMILES string of the molecule is CCCOc1ccc(C(N)c2ccnn2C)cc1. The summed E-state index contributed by atoms with van der Waals surface area (Å²) in [4.78, 5) is 0. The minimum atomic E-state index is -0.155. The third kappa shape index (κ3) is 2.71. The molecular weight excluding hydrogens is 226 g/mol. The second-order valence-corrected chi connectivity index (χ2v) is 4.27. The average molecular weight is 245 g/mol. The summed E-state index contributed by atoms with van der Waals surface area (Å²) in [6, 6.07) is 9.71. The van der Waals surface area contributed by atoms with Crippen molar-refractivity contribution in [2.24, 2.45) is 12.8 Å². The van der Waals surface area contributed by atoms with Gasteiger partial charge in [-0.1, -0.05) is 19.1 Å². The van der Waals surface area contributed by atoms with Crippen LogP contribution in [0.4, 0.5) is 0 Å². The maximum Gasteiger partial charge on any atom is 0.119 e. The number of nitrogens with two attached hydrogens (primary N) is 1. The van der Waals surface area contributed by atoms with Crippen molar-refractivity contribution >= 4 is 0 Å². The molecule has 1 unspecified atom stereocenters. The second-order valence-electron chi connectivity index (χ2n) is 4.27. The van der Waals surface area contributed by atoms with E-state index in [0.29, 0.717) is 0 Å². The number of benzene rings is 1. The van der Waals surface area contributed by atoms with Gasteiger partial charge in [0.1, 0.15) is 5.75 Å². The molecule has 0 aliphatic carbocycles. The Hall–Kier alpha value is -1.81. The molecule has 2 rings (SSSR count). The summed E-state index contributed by atoms with van der Waals surface area (Å²) >= 11 is 0. The van der Waals surface area contributed by atoms with Crippen molar-refractivity contribution in [2.75, 3.05) is 6.61 Å². The van der Waals surface area contributed by atoms with Gasteiger partial charge in [-0.05, 0) is 30.2 Å². The summed E-state index contributed by atoms with van der Waals surface area (Å²) in [6.45, 7) is 2.83. The molecule has 0 bridgehead atoms. The number of hydrogen-bond acceptors (Lipinski definition) is 3. The zero-order chi connectivity index (χ0) is 13.0. The summed E-state index contributed by atoms with van der Waals surface area (Å²) < 4.78 is 7.34. The van der Waals surface area contributed by atoms with Crippen LogP contribution in [-0.4, -0.2) is 16.4 Å². The van der Waals surface area contributed by atoms with Gasteiger partial charge >= 0.3 is 0 Å². The Morgan fingerprint density at radius 1 is 1.28 bits per heavy atom. The molecule has 0 radical (unpaired) electrons. The minimum Gasteiger partial charge on any atom is -0.494 e. The zero-order valence-corrected chi connectivity index (χ0v) is 10.8. The topological polar surface area (TPSA) is 53.1 Å². The standard InChI is InChI=1S/C14H19N3O/c1-3-10-18-12-6-4-11(5-7-12)14(15)13-8-9-16-17(13)2/h4-9,14H,3,10,15H2,1-2H3. The number of nitrogens with zero attached hydrogens (tertiary/aromatic N) is 2. The second kappa shape index (κ2) is 5.69. The fourth-order valence-electron chi connectivity index (χ4n) is 1.85. The molecule has 1 heterocycles. The van der Waals surface area contributed by atoms with E-state index in [4.69, 9.17) is 10.5 Å². The smallest absolute Gasteiger partial charge is 0.119 e. The molecule has 0 aliphatic heterocycles. The van der Waals surface area contributed by atoms with Crippen molar-refractivity contribution in [3.8, 4) is 5.75 Å². The van der Waals surface area contributed by atoms with Crippen LogP contribution in [0.25, 0.3) is 0 Å². The van der Waals surface area contributed by atoms with E-state index >= 15 is 0 Å². The molecule has 18 heavy (non-hydrogen) atoms. The van der Waals surface area contributed by atoms with Crippen LogP contribution in [0.3, 0.4) is 0 Å². The lowest BCUT2D eigenvalue weighted by atomic mass is 10.0. The summed E-state index contributed by atoms with van der Waals surface area (Å²) in [5.74, 6) is 0.887. The lowest BCUT2D eigenvalue weighted by Gasteiger charge is -2.13. The number of aryl methyl sites for hydroxylation is 1. The quantitative estimate of drug-likeness (QED) is 0.879. The molecule has 1 atom stereocenters. The van der Waals surface area contributed by atoms with Crippen LogP contribution >= 0.6 is 0 Å². The first-order valence-corrected chi connectivity index (χ1v) is 6.18. The number of aromatic nitrogens is 2. The van der Waals surface area contributed by atoms with Crippen LogP contribution in [-0.2, 0) is 7.05 Å². The lowest BCUT2D eigenvalue weighted by Crippen LogP contribution is -2.15. The molecule has 4 nitrogen and oxygen atoms in total. The van der Waals surface area contributed by atoms with E-state index in [2.05, 4.69) is 12.0 Å². The highest BCUT2D eigenvalue weighted by molar-refractivity contribution is 5.32. The van der Waals surface area contributed by atoms with E-state index in [-0.39, 0.29) is 6.04 Å². The van der Waals surface area contributed by atoms with Crippen molar-refractivity contribution in [3.63, 3.8) is 0 Å². The van der Waals surface area contributed by atoms with Gasteiger partial charge in [-0.3, -0.25) is 4.68 Å². The van der Waals surface area contributed by atoms with Gasteiger partial charge in [0.05, 0.1) is 18.3 Å². The van der Waals surface area contributed by atoms with Crippen molar-refractivity contribution in [1.82, 2.24) is 9.78 Å². The zero-order valence-electron chi connectivity index (χ0n) is 10.8. The fraction of sp³-hybridized carbons (Fsp3) is 0.357. The largest absolute Gasteiger partial charge is 0.494 e. The molecule has 2 N–H and O–H groups in total. The van der Waals surface area contributed by atoms with Crippen LogP contribution in [0.5, 0.6) is 5.75 Å². The minimum absolute atomic E-state index is 0.155. The first-order chi connectivity index (χ1) is 8.72. The Morgan fingerprint density at radius 2 is 2.00 bits per heavy atom. The van der Waals surface area contributed by atoms with Gasteiger partial charge < -0.3 is 10.5 Å². The monoisotopic (exact) mass is 245 g/mol. The molecule has 0 saturated heterocycles. The number of rotatable bonds is 5. The van der Waals surface area contributed by atoms with Crippen LogP contribution in [0.15, 0.2) is 36.5 Å². The van der Waals surface area contributed by atoms with E-state index in [0.717, 1.165) is 30.0 Å². The van der Waals surface area contributed by atoms with Gasteiger partial charge in [-0.25, -0.2) is 0 Å². The van der Waals surface area contributed by atoms with Gasteiger partial charge in [0.25, 0.3) is 0 Å². The van der Waals surface area contributed by atoms with Crippen LogP contribution in [0.2, 0.25) is 0 Å². The Kier molecular flexibility index (Phi) is 3.99. The third-order valence-electron chi connectivity index (χ3n) is 2.89. The maximum atomic E-state index is 6.21. The Bertz CT molecular complexity index is 490. The van der Waals surface area contributed by atoms with Crippen molar-refractivity contribution in [1.29, 1.82) is 0 Å². The predicted octanol–water partition coefficient (Wildman–Crippen LogP) is 2.26. The summed E-state index contributed by atoms with van der Waals surface area (Å²) in [7, 11) is 1.90. The lowest BCUT2D eigenvalue weighted by molar-refractivity contribution is 0.317. The molecule has 0 aliphatic rings. The molecule has 0 spiro atoms. The Morgan fingerprint density at radius 3 is 2.56 bits per heavy atom. The molecule has 0 amide bonds. The molecule has 96 valence electrons. The highest BCUT2D eigenvalue weighted by atomic mass is 16.5. The first-order valence-electron chi connectivity index (χ1n) is 6.18. The van der Waals surface area contributed by atoms with E-state index in [1.54, 1.807) is 10.9 Å². The van der Waals surface area contributed by atoms with Crippen molar-refractivity contribution in [2.45, 2.75) is 19.4 Å². The highest BCUT2D eigenvalue weighted by Gasteiger charge is 2.12. The first kappa shape index (κ1) is 12.6. The van der Waals surface area contributed by atoms with Crippen molar-refractivity contribution in [3.05, 3.63) is 47.8 Å². The number of hydrogen-bond donors (Lipinski definition) is 1. The van der Waals surface area contributed by atoms with Crippen LogP contribution in [0, 0.1) is 0 Å². The van der Waals surface area contributed by atoms with E-state index < -0.39 is 0 Å². The molecule has 0 fully saturated rings. The molecule has 4 heteroatoms. The fourth-order valence-corrected chi connectivity index (χ4v) is 1.85. The maximum absolute atomic E-state index is 6.21. The van der Waals surface area contributed by atoms with Gasteiger partial charge in [0, 0.05) is 13.2 Å². The van der Waals surface area contributed by atoms with Crippen molar-refractivity contribution < 1.29 is 4.74 Å². The van der Waals surface area contributed by atoms with E-state index in [1.165, 1.54) is 0 Å². The van der Waals surface area contributed by atoms with Gasteiger partial charge in [-0.2, -0.15) is 5.10 Å². The van der Waals surface area contributed by atoms with E-state index in [9.17, 15) is 0 Å². The van der Waals surface area contributed by atoms with Crippen LogP contribution < -0.4 is 10.5 Å². The summed E-state index contributed by atoms with van der Waals surface area (Å²) in [5, 5.41) is 4.13. The highest BCUT2D eigenvalue weighted by Crippen LogP contribution is 2.21. The Labute approximate surface area is 107 Å². The molecule has 1 aromatic carbocycles.